The van der Waals surface area contributed by atoms with Gasteiger partial charge in [0.15, 0.2) is 0 Å². The highest BCUT2D eigenvalue weighted by Gasteiger charge is 2.57. The average molecular weight is 286 g/mol. The summed E-state index contributed by atoms with van der Waals surface area (Å²) in [4.78, 5) is 12.4. The summed E-state index contributed by atoms with van der Waals surface area (Å²) in [6.07, 6.45) is 13.5. The Balaban J connectivity index is 1.77. The van der Waals surface area contributed by atoms with Crippen molar-refractivity contribution in [3.63, 3.8) is 0 Å². The van der Waals surface area contributed by atoms with E-state index in [2.05, 4.69) is 19.1 Å². The van der Waals surface area contributed by atoms with Crippen molar-refractivity contribution in [2.24, 2.45) is 22.7 Å². The Bertz CT molecular complexity index is 544. The molecule has 0 saturated heterocycles. The van der Waals surface area contributed by atoms with Gasteiger partial charge in [-0.3, -0.25) is 4.79 Å². The van der Waals surface area contributed by atoms with Crippen LogP contribution in [-0.2, 0) is 4.79 Å². The van der Waals surface area contributed by atoms with Gasteiger partial charge in [-0.05, 0) is 55.8 Å². The Morgan fingerprint density at radius 1 is 1.14 bits per heavy atom. The molecule has 0 bridgehead atoms. The molecule has 0 aliphatic heterocycles. The van der Waals surface area contributed by atoms with Crippen molar-refractivity contribution in [3.05, 3.63) is 23.3 Å². The fourth-order valence-corrected chi connectivity index (χ4v) is 5.92. The highest BCUT2D eigenvalue weighted by molar-refractivity contribution is 5.88. The van der Waals surface area contributed by atoms with Gasteiger partial charge in [0.25, 0.3) is 0 Å². The first-order valence-electron chi connectivity index (χ1n) is 8.67. The molecule has 0 radical (unpaired) electrons. The number of allylic oxidation sites excluding steroid dienone is 4. The van der Waals surface area contributed by atoms with E-state index in [1.54, 1.807) is 5.57 Å². The Hall–Kier alpha value is -0.890. The molecule has 0 aromatic heterocycles. The molecule has 3 fully saturated rings. The minimum absolute atomic E-state index is 0.0495. The number of fused-ring (bicyclic) bond motifs is 5. The number of carbonyl (C=O) groups is 1. The van der Waals surface area contributed by atoms with Crippen LogP contribution in [0.1, 0.15) is 58.3 Å². The Kier molecular flexibility index (Phi) is 2.98. The lowest BCUT2D eigenvalue weighted by Gasteiger charge is -2.53. The van der Waals surface area contributed by atoms with Gasteiger partial charge in [-0.15, -0.1) is 0 Å². The van der Waals surface area contributed by atoms with Crippen LogP contribution >= 0.6 is 0 Å². The molecule has 0 aromatic carbocycles. The van der Waals surface area contributed by atoms with Crippen LogP contribution in [0.5, 0.6) is 0 Å². The molecule has 4 atom stereocenters. The summed E-state index contributed by atoms with van der Waals surface area (Å²) < 4.78 is 0. The second kappa shape index (κ2) is 4.55. The number of carbonyl (C=O) groups excluding carboxylic acids is 1. The number of aliphatic hydroxyl groups is 1. The van der Waals surface area contributed by atoms with Crippen LogP contribution in [0.3, 0.4) is 0 Å². The lowest BCUT2D eigenvalue weighted by Crippen LogP contribution is -2.47. The highest BCUT2D eigenvalue weighted by atomic mass is 16.3. The number of ketones is 1. The third-order valence-electron chi connectivity index (χ3n) is 7.22. The summed E-state index contributed by atoms with van der Waals surface area (Å²) in [5, 5.41) is 9.95. The van der Waals surface area contributed by atoms with Gasteiger partial charge in [-0.2, -0.15) is 0 Å². The van der Waals surface area contributed by atoms with Gasteiger partial charge in [0.1, 0.15) is 5.78 Å². The fourth-order valence-electron chi connectivity index (χ4n) is 5.92. The predicted octanol–water partition coefficient (Wildman–Crippen LogP) is 3.80. The van der Waals surface area contributed by atoms with Gasteiger partial charge < -0.3 is 5.11 Å². The van der Waals surface area contributed by atoms with Crippen LogP contribution in [0.25, 0.3) is 0 Å². The summed E-state index contributed by atoms with van der Waals surface area (Å²) >= 11 is 0. The predicted molar refractivity (Wildman–Crippen MR) is 82.7 cm³/mol. The fraction of sp³-hybridized carbons (Fsp3) is 0.737. The Labute approximate surface area is 127 Å². The van der Waals surface area contributed by atoms with Gasteiger partial charge >= 0.3 is 0 Å². The minimum Gasteiger partial charge on any atom is -0.395 e. The Morgan fingerprint density at radius 3 is 2.81 bits per heavy atom. The summed E-state index contributed by atoms with van der Waals surface area (Å²) in [6.45, 7) is 2.51. The van der Waals surface area contributed by atoms with Crippen molar-refractivity contribution in [2.75, 3.05) is 6.61 Å². The van der Waals surface area contributed by atoms with Gasteiger partial charge in [-0.25, -0.2) is 0 Å². The second-order valence-electron chi connectivity index (χ2n) is 7.90. The number of rotatable bonds is 1. The topological polar surface area (TPSA) is 37.3 Å². The third kappa shape index (κ3) is 1.66. The quantitative estimate of drug-likeness (QED) is 0.796. The van der Waals surface area contributed by atoms with Gasteiger partial charge in [0.2, 0.25) is 0 Å². The molecular weight excluding hydrogens is 260 g/mol. The van der Waals surface area contributed by atoms with Crippen LogP contribution in [0.4, 0.5) is 0 Å². The van der Waals surface area contributed by atoms with E-state index in [0.29, 0.717) is 29.5 Å². The van der Waals surface area contributed by atoms with E-state index in [9.17, 15) is 9.90 Å². The molecule has 21 heavy (non-hydrogen) atoms. The van der Waals surface area contributed by atoms with Gasteiger partial charge in [0, 0.05) is 6.42 Å². The smallest absolute Gasteiger partial charge is 0.141 e. The van der Waals surface area contributed by atoms with E-state index in [-0.39, 0.29) is 6.61 Å². The molecule has 0 unspecified atom stereocenters. The van der Waals surface area contributed by atoms with E-state index in [0.717, 1.165) is 19.3 Å². The van der Waals surface area contributed by atoms with Crippen molar-refractivity contribution in [3.8, 4) is 0 Å². The minimum atomic E-state index is -0.432. The highest BCUT2D eigenvalue weighted by Crippen LogP contribution is 2.62. The molecule has 4 aliphatic carbocycles. The summed E-state index contributed by atoms with van der Waals surface area (Å²) in [5.41, 5.74) is 3.03. The third-order valence-corrected chi connectivity index (χ3v) is 7.22. The van der Waals surface area contributed by atoms with Crippen LogP contribution in [0.2, 0.25) is 0 Å². The zero-order valence-electron chi connectivity index (χ0n) is 13.0. The summed E-state index contributed by atoms with van der Waals surface area (Å²) in [6, 6.07) is 0. The molecule has 2 heteroatoms. The SMILES string of the molecule is C[C@]12CCCCC1=CC=C1[C@@H]3CCC(=O)[C@@]3(CO)CC[C@@H]12. The van der Waals surface area contributed by atoms with Gasteiger partial charge in [-0.1, -0.05) is 36.6 Å². The van der Waals surface area contributed by atoms with E-state index >= 15 is 0 Å². The van der Waals surface area contributed by atoms with Crippen molar-refractivity contribution in [1.82, 2.24) is 0 Å². The standard InChI is InChI=1S/C19H26O2/c1-18-10-3-2-4-13(18)5-6-14-15(18)9-11-19(12-20)16(14)7-8-17(19)21/h5-6,15-16,20H,2-4,7-12H2,1H3/t15-,16-,18-,19+/m0/s1. The first-order chi connectivity index (χ1) is 10.1. The molecule has 0 aromatic rings. The number of Topliss-reactive ketones (excluding diaryl/α,β-unsaturated/α-hetero) is 1. The number of aliphatic hydroxyl groups excluding tert-OH is 1. The number of hydrogen-bond acceptors (Lipinski definition) is 2. The van der Waals surface area contributed by atoms with E-state index in [4.69, 9.17) is 0 Å². The van der Waals surface area contributed by atoms with Crippen molar-refractivity contribution >= 4 is 5.78 Å². The zero-order valence-corrected chi connectivity index (χ0v) is 13.0. The molecule has 0 spiro atoms. The average Bonchev–Trinajstić information content (AvgIpc) is 2.84. The molecule has 3 saturated carbocycles. The molecule has 114 valence electrons. The van der Waals surface area contributed by atoms with E-state index in [1.807, 2.05) is 0 Å². The zero-order chi connectivity index (χ0) is 14.7. The first-order valence-corrected chi connectivity index (χ1v) is 8.67. The van der Waals surface area contributed by atoms with Crippen LogP contribution < -0.4 is 0 Å². The van der Waals surface area contributed by atoms with Crippen LogP contribution in [0.15, 0.2) is 23.3 Å². The van der Waals surface area contributed by atoms with E-state index in [1.165, 1.54) is 31.3 Å². The normalized spacial score (nSPS) is 45.3. The maximum absolute atomic E-state index is 12.4. The van der Waals surface area contributed by atoms with Crippen molar-refractivity contribution in [2.45, 2.75) is 58.3 Å². The number of hydrogen-bond donors (Lipinski definition) is 1. The molecule has 0 amide bonds. The second-order valence-corrected chi connectivity index (χ2v) is 7.90. The monoisotopic (exact) mass is 286 g/mol. The van der Waals surface area contributed by atoms with Gasteiger partial charge in [0.05, 0.1) is 12.0 Å². The lowest BCUT2D eigenvalue weighted by atomic mass is 9.51. The summed E-state index contributed by atoms with van der Waals surface area (Å²) in [7, 11) is 0. The van der Waals surface area contributed by atoms with Crippen LogP contribution in [0, 0.1) is 22.7 Å². The first kappa shape index (κ1) is 13.8. The molecule has 1 N–H and O–H groups in total. The maximum atomic E-state index is 12.4. The molecule has 0 heterocycles. The maximum Gasteiger partial charge on any atom is 0.141 e. The van der Waals surface area contributed by atoms with Crippen molar-refractivity contribution in [1.29, 1.82) is 0 Å². The Morgan fingerprint density at radius 2 is 2.00 bits per heavy atom. The summed E-state index contributed by atoms with van der Waals surface area (Å²) in [5.74, 6) is 1.25. The van der Waals surface area contributed by atoms with Crippen molar-refractivity contribution < 1.29 is 9.90 Å². The molecule has 4 rings (SSSR count). The molecular formula is C19H26O2. The lowest BCUT2D eigenvalue weighted by molar-refractivity contribution is -0.131. The molecule has 4 aliphatic rings. The van der Waals surface area contributed by atoms with E-state index < -0.39 is 5.41 Å². The molecule has 2 nitrogen and oxygen atoms in total. The largest absolute Gasteiger partial charge is 0.395 e. The van der Waals surface area contributed by atoms with Crippen LogP contribution in [-0.4, -0.2) is 17.5 Å².